The molecular weight excluding hydrogens is 238 g/mol. The number of halogens is 3. The molecule has 1 rings (SSSR count). The molecule has 78 valence electrons. The molecule has 1 aromatic carbocycles. The van der Waals surface area contributed by atoms with Crippen molar-refractivity contribution in [1.82, 2.24) is 0 Å². The quantitative estimate of drug-likeness (QED) is 0.744. The van der Waals surface area contributed by atoms with Crippen LogP contribution in [0, 0.1) is 11.6 Å². The Bertz CT molecular complexity index is 458. The molecule has 0 saturated heterocycles. The van der Waals surface area contributed by atoms with Gasteiger partial charge in [0.25, 0.3) is 9.05 Å². The molecule has 14 heavy (non-hydrogen) atoms. The van der Waals surface area contributed by atoms with Crippen molar-refractivity contribution in [2.24, 2.45) is 0 Å². The Kier molecular flexibility index (Phi) is 2.96. The standard InChI is InChI=1S/C7H5ClF2O3S/c1-13-6-3-4(14(8,11)12)2-5(9)7(6)10/h2-3H,1H3. The van der Waals surface area contributed by atoms with Gasteiger partial charge in [0.1, 0.15) is 0 Å². The fourth-order valence-corrected chi connectivity index (χ4v) is 1.59. The van der Waals surface area contributed by atoms with Gasteiger partial charge in [0.2, 0.25) is 5.82 Å². The van der Waals surface area contributed by atoms with Crippen LogP contribution < -0.4 is 4.74 Å². The van der Waals surface area contributed by atoms with E-state index in [1.807, 2.05) is 0 Å². The summed E-state index contributed by atoms with van der Waals surface area (Å²) in [5.74, 6) is -3.09. The fraction of sp³-hybridized carbons (Fsp3) is 0.143. The first-order valence-corrected chi connectivity index (χ1v) is 5.65. The number of hydrogen-bond donors (Lipinski definition) is 0. The maximum Gasteiger partial charge on any atom is 0.261 e. The molecule has 1 aromatic rings. The third-order valence-corrected chi connectivity index (χ3v) is 2.80. The summed E-state index contributed by atoms with van der Waals surface area (Å²) in [6.07, 6.45) is 0. The zero-order valence-electron chi connectivity index (χ0n) is 6.92. The highest BCUT2D eigenvalue weighted by molar-refractivity contribution is 8.13. The molecule has 0 spiro atoms. The van der Waals surface area contributed by atoms with E-state index in [1.54, 1.807) is 0 Å². The molecule has 0 radical (unpaired) electrons. The lowest BCUT2D eigenvalue weighted by atomic mass is 10.3. The van der Waals surface area contributed by atoms with Gasteiger partial charge < -0.3 is 4.74 Å². The second-order valence-corrected chi connectivity index (χ2v) is 4.93. The molecule has 0 amide bonds. The van der Waals surface area contributed by atoms with Crippen LogP contribution in [0.1, 0.15) is 0 Å². The first-order valence-electron chi connectivity index (χ1n) is 3.34. The largest absolute Gasteiger partial charge is 0.494 e. The lowest BCUT2D eigenvalue weighted by Gasteiger charge is -2.04. The van der Waals surface area contributed by atoms with E-state index in [-0.39, 0.29) is 0 Å². The highest BCUT2D eigenvalue weighted by atomic mass is 35.7. The summed E-state index contributed by atoms with van der Waals surface area (Å²) in [7, 11) is 1.94. The molecule has 0 atom stereocenters. The SMILES string of the molecule is COc1cc(S(=O)(=O)Cl)cc(F)c1F. The summed E-state index contributed by atoms with van der Waals surface area (Å²) in [6.45, 7) is 0. The van der Waals surface area contributed by atoms with Crippen LogP contribution in [-0.2, 0) is 9.05 Å². The van der Waals surface area contributed by atoms with Crippen molar-refractivity contribution in [2.45, 2.75) is 4.90 Å². The second kappa shape index (κ2) is 3.70. The van der Waals surface area contributed by atoms with Gasteiger partial charge >= 0.3 is 0 Å². The Labute approximate surface area is 83.7 Å². The van der Waals surface area contributed by atoms with Gasteiger partial charge in [-0.2, -0.15) is 4.39 Å². The highest BCUT2D eigenvalue weighted by Crippen LogP contribution is 2.26. The third-order valence-electron chi connectivity index (χ3n) is 1.47. The Balaban J connectivity index is 3.46. The Morgan fingerprint density at radius 3 is 2.36 bits per heavy atom. The Hall–Kier alpha value is -0.880. The molecule has 0 fully saturated rings. The van der Waals surface area contributed by atoms with Crippen LogP contribution in [0.25, 0.3) is 0 Å². The van der Waals surface area contributed by atoms with Gasteiger partial charge in [0, 0.05) is 16.7 Å². The summed E-state index contributed by atoms with van der Waals surface area (Å²) in [5, 5.41) is 0. The molecule has 0 unspecified atom stereocenters. The van der Waals surface area contributed by atoms with Gasteiger partial charge in [-0.15, -0.1) is 0 Å². The molecule has 0 aliphatic carbocycles. The van der Waals surface area contributed by atoms with E-state index in [0.29, 0.717) is 6.07 Å². The van der Waals surface area contributed by atoms with Crippen molar-refractivity contribution in [3.8, 4) is 5.75 Å². The zero-order chi connectivity index (χ0) is 10.9. The Morgan fingerprint density at radius 1 is 1.36 bits per heavy atom. The van der Waals surface area contributed by atoms with Crippen molar-refractivity contribution in [2.75, 3.05) is 7.11 Å². The van der Waals surface area contributed by atoms with Crippen LogP contribution in [0.15, 0.2) is 17.0 Å². The summed E-state index contributed by atoms with van der Waals surface area (Å²) in [6, 6.07) is 1.29. The van der Waals surface area contributed by atoms with Gasteiger partial charge in [-0.25, -0.2) is 12.8 Å². The minimum atomic E-state index is -4.09. The van der Waals surface area contributed by atoms with Gasteiger partial charge in [0.05, 0.1) is 12.0 Å². The molecule has 0 N–H and O–H groups in total. The summed E-state index contributed by atoms with van der Waals surface area (Å²) in [5.41, 5.74) is 0. The smallest absolute Gasteiger partial charge is 0.261 e. The zero-order valence-corrected chi connectivity index (χ0v) is 8.49. The minimum Gasteiger partial charge on any atom is -0.494 e. The van der Waals surface area contributed by atoms with Crippen LogP contribution in [0.5, 0.6) is 5.75 Å². The number of ether oxygens (including phenoxy) is 1. The van der Waals surface area contributed by atoms with Crippen LogP contribution >= 0.6 is 10.7 Å². The van der Waals surface area contributed by atoms with Crippen LogP contribution in [-0.4, -0.2) is 15.5 Å². The number of methoxy groups -OCH3 is 1. The molecule has 0 aliphatic rings. The molecular formula is C7H5ClF2O3S. The van der Waals surface area contributed by atoms with Crippen molar-refractivity contribution < 1.29 is 21.9 Å². The molecule has 0 heterocycles. The average molecular weight is 243 g/mol. The van der Waals surface area contributed by atoms with Gasteiger partial charge in [-0.3, -0.25) is 0 Å². The average Bonchev–Trinajstić information content (AvgIpc) is 2.07. The number of benzene rings is 1. The molecule has 3 nitrogen and oxygen atoms in total. The van der Waals surface area contributed by atoms with Gasteiger partial charge in [-0.05, 0) is 6.07 Å². The predicted octanol–water partition coefficient (Wildman–Crippen LogP) is 1.90. The van der Waals surface area contributed by atoms with Crippen LogP contribution in [0.2, 0.25) is 0 Å². The predicted molar refractivity (Wildman–Crippen MR) is 45.9 cm³/mol. The molecule has 0 aliphatic heterocycles. The topological polar surface area (TPSA) is 43.4 Å². The fourth-order valence-electron chi connectivity index (χ4n) is 0.829. The number of rotatable bonds is 2. The molecule has 0 saturated carbocycles. The van der Waals surface area contributed by atoms with Gasteiger partial charge in [0.15, 0.2) is 11.6 Å². The van der Waals surface area contributed by atoms with Crippen molar-refractivity contribution in [3.63, 3.8) is 0 Å². The maximum atomic E-state index is 12.8. The highest BCUT2D eigenvalue weighted by Gasteiger charge is 2.18. The van der Waals surface area contributed by atoms with E-state index in [1.165, 1.54) is 0 Å². The minimum absolute atomic E-state index is 0.486. The summed E-state index contributed by atoms with van der Waals surface area (Å²) >= 11 is 0. The van der Waals surface area contributed by atoms with Crippen molar-refractivity contribution in [1.29, 1.82) is 0 Å². The van der Waals surface area contributed by atoms with E-state index in [4.69, 9.17) is 10.7 Å². The maximum absolute atomic E-state index is 12.8. The monoisotopic (exact) mass is 242 g/mol. The lowest BCUT2D eigenvalue weighted by Crippen LogP contribution is -1.97. The van der Waals surface area contributed by atoms with Crippen molar-refractivity contribution >= 4 is 19.7 Å². The Morgan fingerprint density at radius 2 is 1.93 bits per heavy atom. The first-order chi connectivity index (χ1) is 6.36. The summed E-state index contributed by atoms with van der Waals surface area (Å²) in [4.78, 5) is -0.546. The normalized spacial score (nSPS) is 11.4. The van der Waals surface area contributed by atoms with E-state index >= 15 is 0 Å². The molecule has 7 heteroatoms. The molecule has 0 aromatic heterocycles. The van der Waals surface area contributed by atoms with Crippen molar-refractivity contribution in [3.05, 3.63) is 23.8 Å². The van der Waals surface area contributed by atoms with E-state index < -0.39 is 31.3 Å². The van der Waals surface area contributed by atoms with Gasteiger partial charge in [-0.1, -0.05) is 0 Å². The van der Waals surface area contributed by atoms with Crippen LogP contribution in [0.4, 0.5) is 8.78 Å². The third kappa shape index (κ3) is 2.13. The van der Waals surface area contributed by atoms with E-state index in [0.717, 1.165) is 13.2 Å². The number of hydrogen-bond acceptors (Lipinski definition) is 3. The lowest BCUT2D eigenvalue weighted by molar-refractivity contribution is 0.369. The molecule has 0 bridgehead atoms. The first kappa shape index (κ1) is 11.2. The second-order valence-electron chi connectivity index (χ2n) is 2.36. The van der Waals surface area contributed by atoms with E-state index in [9.17, 15) is 17.2 Å². The van der Waals surface area contributed by atoms with E-state index in [2.05, 4.69) is 4.74 Å². The van der Waals surface area contributed by atoms with Crippen LogP contribution in [0.3, 0.4) is 0 Å². The summed E-state index contributed by atoms with van der Waals surface area (Å²) < 4.78 is 51.6.